The van der Waals surface area contributed by atoms with Crippen molar-refractivity contribution in [2.24, 2.45) is 11.7 Å². The fourth-order valence-corrected chi connectivity index (χ4v) is 5.29. The molecule has 1 saturated carbocycles. The van der Waals surface area contributed by atoms with E-state index in [2.05, 4.69) is 25.6 Å². The average molecular weight is 652 g/mol. The van der Waals surface area contributed by atoms with Crippen LogP contribution in [0.1, 0.15) is 12.1 Å². The molecule has 2 heterocycles. The van der Waals surface area contributed by atoms with Crippen LogP contribution in [0.3, 0.4) is 0 Å². The number of aliphatic hydroxyl groups is 2. The molecule has 1 fully saturated rings. The molecule has 6 N–H and O–H groups in total. The van der Waals surface area contributed by atoms with E-state index < -0.39 is 46.9 Å². The number of nitrogens with zero attached hydrogens (tertiary/aromatic N) is 3. The highest BCUT2D eigenvalue weighted by Crippen LogP contribution is 2.38. The smallest absolute Gasteiger partial charge is 0.405 e. The fraction of sp³-hybridized carbons (Fsp3) is 0.455. The molecule has 1 aliphatic rings. The van der Waals surface area contributed by atoms with Gasteiger partial charge >= 0.3 is 12.1 Å². The maximum Gasteiger partial charge on any atom is 0.405 e. The van der Waals surface area contributed by atoms with E-state index in [1.807, 2.05) is 24.3 Å². The number of carbonyl (C=O) groups excluding carboxylic acids is 1. The van der Waals surface area contributed by atoms with Crippen molar-refractivity contribution in [3.8, 4) is 10.6 Å². The van der Waals surface area contributed by atoms with Crippen molar-refractivity contribution in [1.29, 1.82) is 0 Å². The molecule has 0 amide bonds. The van der Waals surface area contributed by atoms with Crippen LogP contribution in [0, 0.1) is 12.8 Å². The van der Waals surface area contributed by atoms with Crippen molar-refractivity contribution in [2.45, 2.75) is 41.8 Å². The van der Waals surface area contributed by atoms with Crippen molar-refractivity contribution < 1.29 is 32.9 Å². The van der Waals surface area contributed by atoms with Gasteiger partial charge in [-0.2, -0.15) is 18.2 Å². The van der Waals surface area contributed by atoms with Crippen LogP contribution in [-0.2, 0) is 9.53 Å². The normalized spacial score (nSPS) is 22.7. The number of esters is 1. The zero-order chi connectivity index (χ0) is 26.9. The number of aromatic nitrogens is 3. The summed E-state index contributed by atoms with van der Waals surface area (Å²) < 4.78 is 43.6. The van der Waals surface area contributed by atoms with Crippen LogP contribution < -0.4 is 16.4 Å². The average Bonchev–Trinajstić information content (AvgIpc) is 3.36. The maximum absolute atomic E-state index is 12.8. The predicted octanol–water partition coefficient (Wildman–Crippen LogP) is 2.82. The number of nitrogens with one attached hydrogen (secondary N) is 2. The SMILES string of the molecule is Cc1nc(NCC(F)(F)F)nc(N[C@@H]2C[C@H](COC(=O)C(N)I)[C@@H](O)[C@H]2O)c1-c1nc2ccccc2s1. The standard InChI is InChI=1S/C22H24F3IN6O4S/c1-9-14(19-31-11-4-2-3-5-13(11)37-19)18(32-21(29-9)28-8-22(23,24)25)30-12-6-10(15(33)16(12)34)7-36-20(35)17(26)27/h2-5,10,12,15-17,33-34H,6-8,27H2,1H3,(H2,28,29,30,32)/t10-,12-,15-,16+,17?/m1/s1. The Bertz CT molecular complexity index is 1240. The highest BCUT2D eigenvalue weighted by molar-refractivity contribution is 14.1. The minimum absolute atomic E-state index is 0.152. The van der Waals surface area contributed by atoms with Crippen molar-refractivity contribution in [3.05, 3.63) is 30.0 Å². The van der Waals surface area contributed by atoms with Crippen molar-refractivity contribution >= 4 is 61.9 Å². The summed E-state index contributed by atoms with van der Waals surface area (Å²) in [7, 11) is 0. The van der Waals surface area contributed by atoms with E-state index in [-0.39, 0.29) is 24.8 Å². The van der Waals surface area contributed by atoms with E-state index in [9.17, 15) is 28.2 Å². The van der Waals surface area contributed by atoms with Crippen molar-refractivity contribution in [2.75, 3.05) is 23.8 Å². The lowest BCUT2D eigenvalue weighted by Crippen LogP contribution is -2.36. The summed E-state index contributed by atoms with van der Waals surface area (Å²) in [5.74, 6) is -1.34. The Morgan fingerprint density at radius 2 is 2.00 bits per heavy atom. The van der Waals surface area contributed by atoms with Gasteiger partial charge in [0.25, 0.3) is 0 Å². The number of aryl methyl sites for hydroxylation is 1. The number of ether oxygens (including phenoxy) is 1. The highest BCUT2D eigenvalue weighted by atomic mass is 127. The molecule has 5 atom stereocenters. The van der Waals surface area contributed by atoms with Crippen LogP contribution in [0.2, 0.25) is 0 Å². The fourth-order valence-electron chi connectivity index (χ4n) is 4.05. The first-order valence-corrected chi connectivity index (χ1v) is 13.2. The van der Waals surface area contributed by atoms with Gasteiger partial charge in [0, 0.05) is 5.92 Å². The predicted molar refractivity (Wildman–Crippen MR) is 140 cm³/mol. The molecule has 200 valence electrons. The summed E-state index contributed by atoms with van der Waals surface area (Å²) in [5, 5.41) is 27.0. The van der Waals surface area contributed by atoms with E-state index in [0.717, 1.165) is 10.2 Å². The van der Waals surface area contributed by atoms with Gasteiger partial charge in [-0.05, 0) is 25.5 Å². The third-order valence-corrected chi connectivity index (χ3v) is 7.40. The van der Waals surface area contributed by atoms with Crippen LogP contribution in [0.5, 0.6) is 0 Å². The number of benzene rings is 1. The third-order valence-electron chi connectivity index (χ3n) is 5.83. The van der Waals surface area contributed by atoms with E-state index in [1.165, 1.54) is 11.3 Å². The molecule has 10 nitrogen and oxygen atoms in total. The number of fused-ring (bicyclic) bond motifs is 1. The summed E-state index contributed by atoms with van der Waals surface area (Å²) in [6, 6.07) is 6.69. The number of hydrogen-bond acceptors (Lipinski definition) is 11. The topological polar surface area (TPSA) is 156 Å². The van der Waals surface area contributed by atoms with Gasteiger partial charge in [-0.15, -0.1) is 11.3 Å². The zero-order valence-corrected chi connectivity index (χ0v) is 22.3. The molecule has 1 unspecified atom stereocenters. The Hall–Kier alpha value is -2.34. The maximum atomic E-state index is 12.8. The monoisotopic (exact) mass is 652 g/mol. The van der Waals surface area contributed by atoms with Gasteiger partial charge in [0.15, 0.2) is 4.05 Å². The summed E-state index contributed by atoms with van der Waals surface area (Å²) in [6.45, 7) is 0.143. The largest absolute Gasteiger partial charge is 0.464 e. The quantitative estimate of drug-likeness (QED) is 0.106. The first kappa shape index (κ1) is 27.7. The zero-order valence-electron chi connectivity index (χ0n) is 19.4. The van der Waals surface area contributed by atoms with E-state index in [0.29, 0.717) is 16.3 Å². The number of halogens is 4. The van der Waals surface area contributed by atoms with Gasteiger partial charge in [0.1, 0.15) is 23.5 Å². The lowest BCUT2D eigenvalue weighted by atomic mass is 10.1. The third kappa shape index (κ3) is 6.57. The Balaban J connectivity index is 1.64. The molecule has 15 heteroatoms. The minimum atomic E-state index is -4.48. The second-order valence-corrected chi connectivity index (χ2v) is 10.9. The molecular weight excluding hydrogens is 628 g/mol. The molecular formula is C22H24F3IN6O4S. The number of nitrogens with two attached hydrogens (primary N) is 1. The molecule has 3 aromatic rings. The summed E-state index contributed by atoms with van der Waals surface area (Å²) in [6.07, 6.45) is -6.76. The number of carbonyl (C=O) groups is 1. The molecule has 2 aromatic heterocycles. The molecule has 1 aliphatic carbocycles. The second kappa shape index (κ2) is 11.2. The van der Waals surface area contributed by atoms with Crippen molar-refractivity contribution in [1.82, 2.24) is 15.0 Å². The first-order valence-electron chi connectivity index (χ1n) is 11.2. The number of aliphatic hydroxyl groups excluding tert-OH is 2. The lowest BCUT2D eigenvalue weighted by molar-refractivity contribution is -0.145. The van der Waals surface area contributed by atoms with Crippen LogP contribution >= 0.6 is 33.9 Å². The van der Waals surface area contributed by atoms with Gasteiger partial charge in [-0.3, -0.25) is 0 Å². The Labute approximate surface area is 227 Å². The molecule has 0 spiro atoms. The summed E-state index contributed by atoms with van der Waals surface area (Å²) in [4.78, 5) is 24.8. The van der Waals surface area contributed by atoms with Gasteiger partial charge < -0.3 is 31.3 Å². The Kier molecular flexibility index (Phi) is 8.37. The summed E-state index contributed by atoms with van der Waals surface area (Å²) in [5.41, 5.74) is 7.05. The van der Waals surface area contributed by atoms with Crippen molar-refractivity contribution in [3.63, 3.8) is 0 Å². The molecule has 4 rings (SSSR count). The summed E-state index contributed by atoms with van der Waals surface area (Å²) >= 11 is 3.06. The van der Waals surface area contributed by atoms with Crippen LogP contribution in [0.4, 0.5) is 24.9 Å². The number of thiazole rings is 1. The van der Waals surface area contributed by atoms with E-state index in [4.69, 9.17) is 10.5 Å². The molecule has 0 radical (unpaired) electrons. The number of rotatable bonds is 8. The number of anilines is 2. The first-order chi connectivity index (χ1) is 17.4. The molecule has 37 heavy (non-hydrogen) atoms. The van der Waals surface area contributed by atoms with Gasteiger partial charge in [-0.25, -0.2) is 14.8 Å². The number of hydrogen-bond donors (Lipinski definition) is 5. The van der Waals surface area contributed by atoms with Gasteiger partial charge in [-0.1, -0.05) is 34.7 Å². The number of para-hydroxylation sites is 1. The lowest BCUT2D eigenvalue weighted by Gasteiger charge is -2.21. The van der Waals surface area contributed by atoms with Gasteiger partial charge in [0.05, 0.1) is 40.2 Å². The Morgan fingerprint density at radius 3 is 2.68 bits per heavy atom. The second-order valence-electron chi connectivity index (χ2n) is 8.57. The van der Waals surface area contributed by atoms with Crippen LogP contribution in [0.15, 0.2) is 24.3 Å². The highest BCUT2D eigenvalue weighted by Gasteiger charge is 2.43. The Morgan fingerprint density at radius 1 is 1.27 bits per heavy atom. The molecule has 0 aliphatic heterocycles. The van der Waals surface area contributed by atoms with Gasteiger partial charge in [0.2, 0.25) is 5.95 Å². The number of alkyl halides is 4. The molecule has 0 saturated heterocycles. The van der Waals surface area contributed by atoms with Crippen LogP contribution in [-0.4, -0.2) is 72.8 Å². The molecule has 0 bridgehead atoms. The van der Waals surface area contributed by atoms with E-state index >= 15 is 0 Å². The van der Waals surface area contributed by atoms with E-state index in [1.54, 1.807) is 29.5 Å². The minimum Gasteiger partial charge on any atom is -0.464 e. The van der Waals surface area contributed by atoms with Crippen LogP contribution in [0.25, 0.3) is 20.8 Å². The molecule has 1 aromatic carbocycles.